The number of carbonyl (C=O) groups excluding carboxylic acids is 1. The minimum Gasteiger partial charge on any atom is -0.408 e. The minimum atomic E-state index is -3.93. The van der Waals surface area contributed by atoms with Gasteiger partial charge in [-0.3, -0.25) is 9.36 Å². The second-order valence-electron chi connectivity index (χ2n) is 6.31. The standard InChI is InChI=1S/C18H17N3O5S/c1-20-15-7-6-13(10-16(15)26-18(20)23)27(24,25)19-11-17(22)21-9-8-12-4-2-3-5-14(12)21/h2-7,10,19H,8-9,11H2,1H3. The summed E-state index contributed by atoms with van der Waals surface area (Å²) >= 11 is 0. The Balaban J connectivity index is 1.52. The molecule has 27 heavy (non-hydrogen) atoms. The first-order valence-corrected chi connectivity index (χ1v) is 9.83. The van der Waals surface area contributed by atoms with Gasteiger partial charge in [0, 0.05) is 25.3 Å². The van der Waals surface area contributed by atoms with Crippen LogP contribution < -0.4 is 15.4 Å². The van der Waals surface area contributed by atoms with Crippen molar-refractivity contribution in [2.24, 2.45) is 7.05 Å². The van der Waals surface area contributed by atoms with Crippen molar-refractivity contribution in [3.63, 3.8) is 0 Å². The topological polar surface area (TPSA) is 102 Å². The van der Waals surface area contributed by atoms with Crippen molar-refractivity contribution in [3.05, 3.63) is 58.6 Å². The quantitative estimate of drug-likeness (QED) is 0.720. The van der Waals surface area contributed by atoms with Crippen molar-refractivity contribution >= 4 is 32.7 Å². The summed E-state index contributed by atoms with van der Waals surface area (Å²) in [4.78, 5) is 25.5. The zero-order valence-corrected chi connectivity index (χ0v) is 15.3. The van der Waals surface area contributed by atoms with Crippen molar-refractivity contribution < 1.29 is 17.6 Å². The van der Waals surface area contributed by atoms with Crippen molar-refractivity contribution in [1.29, 1.82) is 0 Å². The largest absolute Gasteiger partial charge is 0.419 e. The van der Waals surface area contributed by atoms with E-state index in [1.165, 1.54) is 29.8 Å². The number of benzene rings is 2. The number of fused-ring (bicyclic) bond motifs is 2. The van der Waals surface area contributed by atoms with E-state index in [0.29, 0.717) is 12.1 Å². The lowest BCUT2D eigenvalue weighted by Crippen LogP contribution is -2.39. The van der Waals surface area contributed by atoms with Crippen LogP contribution in [0.1, 0.15) is 5.56 Å². The molecule has 2 aromatic carbocycles. The Morgan fingerprint density at radius 1 is 1.22 bits per heavy atom. The zero-order valence-electron chi connectivity index (χ0n) is 14.5. The molecule has 140 valence electrons. The van der Waals surface area contributed by atoms with E-state index in [1.807, 2.05) is 24.3 Å². The summed E-state index contributed by atoms with van der Waals surface area (Å²) in [6.07, 6.45) is 0.748. The normalized spacial score (nSPS) is 13.9. The number of hydrogen-bond donors (Lipinski definition) is 1. The summed E-state index contributed by atoms with van der Waals surface area (Å²) in [5.74, 6) is -0.897. The molecule has 2 heterocycles. The lowest BCUT2D eigenvalue weighted by atomic mass is 10.2. The smallest absolute Gasteiger partial charge is 0.408 e. The lowest BCUT2D eigenvalue weighted by molar-refractivity contribution is -0.117. The molecule has 3 aromatic rings. The highest BCUT2D eigenvalue weighted by Gasteiger charge is 2.25. The van der Waals surface area contributed by atoms with Gasteiger partial charge in [0.05, 0.1) is 17.0 Å². The molecule has 0 fully saturated rings. The van der Waals surface area contributed by atoms with E-state index >= 15 is 0 Å². The molecule has 0 bridgehead atoms. The summed E-state index contributed by atoms with van der Waals surface area (Å²) in [7, 11) is -2.39. The fraction of sp³-hybridized carbons (Fsp3) is 0.222. The maximum atomic E-state index is 12.5. The van der Waals surface area contributed by atoms with Gasteiger partial charge in [-0.25, -0.2) is 17.9 Å². The summed E-state index contributed by atoms with van der Waals surface area (Å²) in [6, 6.07) is 11.7. The minimum absolute atomic E-state index is 0.0704. The number of aromatic nitrogens is 1. The van der Waals surface area contributed by atoms with E-state index in [-0.39, 0.29) is 22.9 Å². The molecule has 1 aliphatic rings. The Kier molecular flexibility index (Phi) is 4.12. The number of hydrogen-bond acceptors (Lipinski definition) is 5. The highest BCUT2D eigenvalue weighted by molar-refractivity contribution is 7.89. The lowest BCUT2D eigenvalue weighted by Gasteiger charge is -2.17. The third-order valence-corrected chi connectivity index (χ3v) is 6.07. The number of para-hydroxylation sites is 1. The summed E-state index contributed by atoms with van der Waals surface area (Å²) in [5, 5.41) is 0. The van der Waals surface area contributed by atoms with Gasteiger partial charge in [-0.1, -0.05) is 18.2 Å². The Bertz CT molecular complexity index is 1210. The van der Waals surface area contributed by atoms with E-state index < -0.39 is 15.8 Å². The number of rotatable bonds is 4. The Hall–Kier alpha value is -2.91. The van der Waals surface area contributed by atoms with Crippen LogP contribution in [0.5, 0.6) is 0 Å². The van der Waals surface area contributed by atoms with Gasteiger partial charge in [-0.05, 0) is 30.2 Å². The van der Waals surface area contributed by atoms with Gasteiger partial charge in [0.2, 0.25) is 15.9 Å². The van der Waals surface area contributed by atoms with E-state index in [0.717, 1.165) is 17.7 Å². The fourth-order valence-corrected chi connectivity index (χ4v) is 4.20. The second kappa shape index (κ2) is 6.36. The van der Waals surface area contributed by atoms with Crippen LogP contribution in [-0.4, -0.2) is 32.0 Å². The fourth-order valence-electron chi connectivity index (χ4n) is 3.21. The van der Waals surface area contributed by atoms with Crippen LogP contribution in [0.2, 0.25) is 0 Å². The maximum Gasteiger partial charge on any atom is 0.419 e. The van der Waals surface area contributed by atoms with Gasteiger partial charge in [0.15, 0.2) is 5.58 Å². The number of nitrogens with one attached hydrogen (secondary N) is 1. The summed E-state index contributed by atoms with van der Waals surface area (Å²) in [6.45, 7) is 0.175. The molecular formula is C18H17N3O5S. The van der Waals surface area contributed by atoms with Crippen LogP contribution in [0.25, 0.3) is 11.1 Å². The molecule has 4 rings (SSSR count). The number of nitrogens with zero attached hydrogens (tertiary/aromatic N) is 2. The van der Waals surface area contributed by atoms with Gasteiger partial charge >= 0.3 is 5.76 Å². The van der Waals surface area contributed by atoms with E-state index in [9.17, 15) is 18.0 Å². The Labute approximate surface area is 155 Å². The van der Waals surface area contributed by atoms with Crippen LogP contribution in [0.3, 0.4) is 0 Å². The molecule has 0 radical (unpaired) electrons. The average molecular weight is 387 g/mol. The SMILES string of the molecule is Cn1c(=O)oc2cc(S(=O)(=O)NCC(=O)N3CCc4ccccc43)ccc21. The van der Waals surface area contributed by atoms with Crippen LogP contribution >= 0.6 is 0 Å². The molecule has 0 aliphatic carbocycles. The average Bonchev–Trinajstić information content (AvgIpc) is 3.21. The highest BCUT2D eigenvalue weighted by Crippen LogP contribution is 2.27. The van der Waals surface area contributed by atoms with Crippen molar-refractivity contribution in [3.8, 4) is 0 Å². The predicted octanol–water partition coefficient (Wildman–Crippen LogP) is 0.999. The molecule has 0 saturated carbocycles. The first kappa shape index (κ1) is 17.5. The number of sulfonamides is 1. The third kappa shape index (κ3) is 3.04. The number of oxazole rings is 1. The number of aryl methyl sites for hydroxylation is 1. The Morgan fingerprint density at radius 3 is 2.81 bits per heavy atom. The molecule has 1 N–H and O–H groups in total. The number of amides is 1. The van der Waals surface area contributed by atoms with Gasteiger partial charge < -0.3 is 9.32 Å². The molecule has 1 aromatic heterocycles. The molecule has 0 unspecified atom stereocenters. The third-order valence-electron chi connectivity index (χ3n) is 4.68. The Morgan fingerprint density at radius 2 is 2.00 bits per heavy atom. The summed E-state index contributed by atoms with van der Waals surface area (Å²) < 4.78 is 33.7. The van der Waals surface area contributed by atoms with Gasteiger partial charge in [0.1, 0.15) is 0 Å². The van der Waals surface area contributed by atoms with E-state index in [2.05, 4.69) is 4.72 Å². The first-order chi connectivity index (χ1) is 12.9. The monoisotopic (exact) mass is 387 g/mol. The second-order valence-corrected chi connectivity index (χ2v) is 8.07. The van der Waals surface area contributed by atoms with Crippen LogP contribution in [0, 0.1) is 0 Å². The molecule has 9 heteroatoms. The molecule has 1 amide bonds. The van der Waals surface area contributed by atoms with Crippen molar-refractivity contribution in [2.45, 2.75) is 11.3 Å². The molecular weight excluding hydrogens is 370 g/mol. The van der Waals surface area contributed by atoms with Gasteiger partial charge in [-0.15, -0.1) is 0 Å². The molecule has 0 spiro atoms. The molecule has 0 saturated heterocycles. The molecule has 8 nitrogen and oxygen atoms in total. The van der Waals surface area contributed by atoms with Gasteiger partial charge in [-0.2, -0.15) is 0 Å². The molecule has 0 atom stereocenters. The maximum absolute atomic E-state index is 12.5. The number of anilines is 1. The van der Waals surface area contributed by atoms with Crippen LogP contribution in [0.4, 0.5) is 5.69 Å². The highest BCUT2D eigenvalue weighted by atomic mass is 32.2. The first-order valence-electron chi connectivity index (χ1n) is 8.34. The number of carbonyl (C=O) groups is 1. The van der Waals surface area contributed by atoms with E-state index in [1.54, 1.807) is 4.90 Å². The molecule has 1 aliphatic heterocycles. The summed E-state index contributed by atoms with van der Waals surface area (Å²) in [5.41, 5.74) is 2.54. The van der Waals surface area contributed by atoms with Crippen LogP contribution in [0.15, 0.2) is 56.6 Å². The van der Waals surface area contributed by atoms with Crippen molar-refractivity contribution in [2.75, 3.05) is 18.0 Å². The zero-order chi connectivity index (χ0) is 19.2. The predicted molar refractivity (Wildman–Crippen MR) is 99.1 cm³/mol. The van der Waals surface area contributed by atoms with Gasteiger partial charge in [0.25, 0.3) is 0 Å². The van der Waals surface area contributed by atoms with Crippen molar-refractivity contribution in [1.82, 2.24) is 9.29 Å². The van der Waals surface area contributed by atoms with Crippen LogP contribution in [-0.2, 0) is 28.3 Å². The van der Waals surface area contributed by atoms with E-state index in [4.69, 9.17) is 4.42 Å².